The van der Waals surface area contributed by atoms with E-state index in [-0.39, 0.29) is 12.0 Å². The molecule has 2 atom stereocenters. The standard InChI is InChI=1S/C15H19Cl3N2O2/c1-10-5-2-3-7-12(10)13(21)20-14(15(16,17)18)19-9-11-6-4-8-22-11/h2-3,5,7,11,14,19H,4,6,8-9H2,1H3,(H,20,21)/p+1/t11-,14-/m1/s1. The van der Waals surface area contributed by atoms with Crippen LogP contribution in [0.3, 0.4) is 0 Å². The van der Waals surface area contributed by atoms with E-state index >= 15 is 0 Å². The van der Waals surface area contributed by atoms with E-state index in [4.69, 9.17) is 39.5 Å². The summed E-state index contributed by atoms with van der Waals surface area (Å²) in [5.41, 5.74) is 1.45. The van der Waals surface area contributed by atoms with Crippen LogP contribution in [0.2, 0.25) is 0 Å². The SMILES string of the molecule is Cc1ccccc1C(=O)N[C@@H]([NH2+]C[C@H]1CCCO1)C(Cl)(Cl)Cl. The lowest BCUT2D eigenvalue weighted by atomic mass is 10.1. The minimum Gasteiger partial charge on any atom is -0.372 e. The summed E-state index contributed by atoms with van der Waals surface area (Å²) in [6.07, 6.45) is 1.51. The summed E-state index contributed by atoms with van der Waals surface area (Å²) in [6, 6.07) is 7.31. The molecule has 0 aromatic heterocycles. The minimum absolute atomic E-state index is 0.144. The molecule has 122 valence electrons. The second-order valence-electron chi connectivity index (χ2n) is 5.41. The van der Waals surface area contributed by atoms with Gasteiger partial charge in [-0.1, -0.05) is 53.0 Å². The molecule has 2 rings (SSSR count). The molecule has 0 radical (unpaired) electrons. The van der Waals surface area contributed by atoms with E-state index in [1.807, 2.05) is 30.4 Å². The Morgan fingerprint density at radius 1 is 1.45 bits per heavy atom. The maximum absolute atomic E-state index is 12.4. The molecule has 0 spiro atoms. The van der Waals surface area contributed by atoms with Gasteiger partial charge in [0.1, 0.15) is 12.6 Å². The van der Waals surface area contributed by atoms with Crippen LogP contribution in [-0.2, 0) is 4.74 Å². The Kier molecular flexibility index (Phi) is 6.36. The molecule has 22 heavy (non-hydrogen) atoms. The Labute approximate surface area is 145 Å². The van der Waals surface area contributed by atoms with Gasteiger partial charge in [-0.2, -0.15) is 0 Å². The molecule has 7 heteroatoms. The van der Waals surface area contributed by atoms with Gasteiger partial charge in [0, 0.05) is 12.2 Å². The smallest absolute Gasteiger partial charge is 0.262 e. The lowest BCUT2D eigenvalue weighted by molar-refractivity contribution is -0.697. The first-order valence-corrected chi connectivity index (χ1v) is 8.39. The highest BCUT2D eigenvalue weighted by Crippen LogP contribution is 2.27. The summed E-state index contributed by atoms with van der Waals surface area (Å²) < 4.78 is 3.95. The van der Waals surface area contributed by atoms with Crippen molar-refractivity contribution in [3.05, 3.63) is 35.4 Å². The van der Waals surface area contributed by atoms with Crippen LogP contribution in [0.25, 0.3) is 0 Å². The fraction of sp³-hybridized carbons (Fsp3) is 0.533. The van der Waals surface area contributed by atoms with Gasteiger partial charge in [0.05, 0.1) is 0 Å². The highest BCUT2D eigenvalue weighted by molar-refractivity contribution is 6.68. The summed E-state index contributed by atoms with van der Waals surface area (Å²) in [7, 11) is 0. The number of rotatable bonds is 5. The Balaban J connectivity index is 2.00. The predicted molar refractivity (Wildman–Crippen MR) is 88.5 cm³/mol. The number of halogens is 3. The average molecular weight is 367 g/mol. The van der Waals surface area contributed by atoms with Crippen molar-refractivity contribution in [2.24, 2.45) is 0 Å². The highest BCUT2D eigenvalue weighted by Gasteiger charge is 2.38. The number of alkyl halides is 3. The topological polar surface area (TPSA) is 54.9 Å². The van der Waals surface area contributed by atoms with E-state index in [0.717, 1.165) is 25.0 Å². The van der Waals surface area contributed by atoms with Gasteiger partial charge in [-0.05, 0) is 31.4 Å². The van der Waals surface area contributed by atoms with E-state index in [2.05, 4.69) is 5.32 Å². The van der Waals surface area contributed by atoms with Crippen molar-refractivity contribution in [1.82, 2.24) is 5.32 Å². The molecular formula is C15H20Cl3N2O2+. The molecule has 1 heterocycles. The Morgan fingerprint density at radius 3 is 2.77 bits per heavy atom. The molecule has 0 bridgehead atoms. The monoisotopic (exact) mass is 365 g/mol. The maximum atomic E-state index is 12.4. The number of quaternary nitrogens is 1. The molecule has 0 unspecified atom stereocenters. The first kappa shape index (κ1) is 17.8. The third-order valence-corrected chi connectivity index (χ3v) is 4.39. The fourth-order valence-corrected chi connectivity index (χ4v) is 2.87. The minimum atomic E-state index is -1.60. The first-order chi connectivity index (χ1) is 10.4. The lowest BCUT2D eigenvalue weighted by Gasteiger charge is -2.24. The van der Waals surface area contributed by atoms with E-state index in [1.165, 1.54) is 0 Å². The van der Waals surface area contributed by atoms with Gasteiger partial charge in [0.2, 0.25) is 6.17 Å². The molecule has 0 saturated carbocycles. The van der Waals surface area contributed by atoms with Gasteiger partial charge in [0.25, 0.3) is 9.70 Å². The predicted octanol–water partition coefficient (Wildman–Crippen LogP) is 2.16. The van der Waals surface area contributed by atoms with Crippen molar-refractivity contribution in [2.75, 3.05) is 13.2 Å². The average Bonchev–Trinajstić information content (AvgIpc) is 2.95. The van der Waals surface area contributed by atoms with Crippen LogP contribution < -0.4 is 10.6 Å². The molecule has 1 aliphatic heterocycles. The number of aryl methyl sites for hydroxylation is 1. The number of ether oxygens (including phenoxy) is 1. The van der Waals surface area contributed by atoms with E-state index in [0.29, 0.717) is 12.1 Å². The van der Waals surface area contributed by atoms with Crippen LogP contribution in [-0.4, -0.2) is 35.1 Å². The molecule has 1 amide bonds. The number of benzene rings is 1. The second kappa shape index (κ2) is 7.84. The molecule has 3 N–H and O–H groups in total. The van der Waals surface area contributed by atoms with Crippen molar-refractivity contribution in [3.63, 3.8) is 0 Å². The highest BCUT2D eigenvalue weighted by atomic mass is 35.6. The first-order valence-electron chi connectivity index (χ1n) is 7.26. The second-order valence-corrected chi connectivity index (χ2v) is 7.78. The van der Waals surface area contributed by atoms with Crippen LogP contribution in [0.5, 0.6) is 0 Å². The number of amides is 1. The van der Waals surface area contributed by atoms with Crippen LogP contribution in [0.1, 0.15) is 28.8 Å². The van der Waals surface area contributed by atoms with Gasteiger partial charge in [-0.15, -0.1) is 0 Å². The Morgan fingerprint density at radius 2 is 2.18 bits per heavy atom. The molecule has 4 nitrogen and oxygen atoms in total. The number of nitrogens with two attached hydrogens (primary N) is 1. The maximum Gasteiger partial charge on any atom is 0.262 e. The van der Waals surface area contributed by atoms with E-state index in [1.54, 1.807) is 6.07 Å². The van der Waals surface area contributed by atoms with Crippen LogP contribution >= 0.6 is 34.8 Å². The Bertz CT molecular complexity index is 514. The number of nitrogens with one attached hydrogen (secondary N) is 1. The van der Waals surface area contributed by atoms with Crippen LogP contribution in [0, 0.1) is 6.92 Å². The number of hydrogen-bond acceptors (Lipinski definition) is 2. The summed E-state index contributed by atoms with van der Waals surface area (Å²) in [6.45, 7) is 3.29. The van der Waals surface area contributed by atoms with Crippen LogP contribution in [0.15, 0.2) is 24.3 Å². The van der Waals surface area contributed by atoms with Crippen molar-refractivity contribution in [3.8, 4) is 0 Å². The number of hydrogen-bond donors (Lipinski definition) is 2. The van der Waals surface area contributed by atoms with Gasteiger partial charge >= 0.3 is 0 Å². The van der Waals surface area contributed by atoms with Crippen molar-refractivity contribution >= 4 is 40.7 Å². The van der Waals surface area contributed by atoms with Crippen molar-refractivity contribution in [1.29, 1.82) is 0 Å². The molecule has 1 aromatic rings. The summed E-state index contributed by atoms with van der Waals surface area (Å²) in [5.74, 6) is -0.252. The molecule has 1 aliphatic rings. The zero-order valence-corrected chi connectivity index (χ0v) is 14.6. The Hall–Kier alpha value is -0.520. The summed E-state index contributed by atoms with van der Waals surface area (Å²) in [4.78, 5) is 12.4. The van der Waals surface area contributed by atoms with Gasteiger partial charge < -0.3 is 10.1 Å². The van der Waals surface area contributed by atoms with Crippen molar-refractivity contribution < 1.29 is 14.8 Å². The fourth-order valence-electron chi connectivity index (χ4n) is 2.44. The molecule has 1 aromatic carbocycles. The lowest BCUT2D eigenvalue weighted by Crippen LogP contribution is -2.97. The van der Waals surface area contributed by atoms with Gasteiger partial charge in [-0.3, -0.25) is 10.1 Å². The molecule has 0 aliphatic carbocycles. The zero-order chi connectivity index (χ0) is 16.2. The normalized spacial score (nSPS) is 19.9. The van der Waals surface area contributed by atoms with Gasteiger partial charge in [-0.25, -0.2) is 0 Å². The number of carbonyl (C=O) groups excluding carboxylic acids is 1. The third-order valence-electron chi connectivity index (χ3n) is 3.69. The molecule has 1 saturated heterocycles. The number of carbonyl (C=O) groups is 1. The van der Waals surface area contributed by atoms with Gasteiger partial charge in [0.15, 0.2) is 0 Å². The van der Waals surface area contributed by atoms with E-state index < -0.39 is 9.96 Å². The summed E-state index contributed by atoms with van der Waals surface area (Å²) >= 11 is 18.0. The quantitative estimate of drug-likeness (QED) is 0.620. The summed E-state index contributed by atoms with van der Waals surface area (Å²) in [5, 5.41) is 4.61. The molecular weight excluding hydrogens is 347 g/mol. The largest absolute Gasteiger partial charge is 0.372 e. The molecule has 1 fully saturated rings. The van der Waals surface area contributed by atoms with Crippen molar-refractivity contribution in [2.45, 2.75) is 35.8 Å². The van der Waals surface area contributed by atoms with Crippen LogP contribution in [0.4, 0.5) is 0 Å². The van der Waals surface area contributed by atoms with E-state index in [9.17, 15) is 4.79 Å². The zero-order valence-electron chi connectivity index (χ0n) is 12.3. The third kappa shape index (κ3) is 5.00.